The molecule has 162 valence electrons. The SMILES string of the molecule is Cc1cc(C)c(-n2c(C)cc(C=NNC(=O)c3cc4ccccc4cc3O)c2C)c(C)c1. The van der Waals surface area contributed by atoms with Crippen molar-refractivity contribution >= 4 is 22.9 Å². The highest BCUT2D eigenvalue weighted by Crippen LogP contribution is 2.27. The van der Waals surface area contributed by atoms with Gasteiger partial charge in [-0.1, -0.05) is 42.0 Å². The maximum atomic E-state index is 12.6. The fraction of sp³-hybridized carbons (Fsp3) is 0.185. The Morgan fingerprint density at radius 3 is 2.22 bits per heavy atom. The van der Waals surface area contributed by atoms with Crippen LogP contribution in [0.1, 0.15) is 44.0 Å². The predicted molar refractivity (Wildman–Crippen MR) is 130 cm³/mol. The molecule has 1 amide bonds. The van der Waals surface area contributed by atoms with E-state index in [0.29, 0.717) is 0 Å². The summed E-state index contributed by atoms with van der Waals surface area (Å²) in [5.74, 6) is -0.525. The van der Waals surface area contributed by atoms with Crippen LogP contribution in [0.5, 0.6) is 5.75 Å². The molecule has 0 aliphatic carbocycles. The van der Waals surface area contributed by atoms with Gasteiger partial charge in [0.15, 0.2) is 0 Å². The molecule has 5 nitrogen and oxygen atoms in total. The zero-order chi connectivity index (χ0) is 23.0. The van der Waals surface area contributed by atoms with Crippen LogP contribution in [0.2, 0.25) is 0 Å². The van der Waals surface area contributed by atoms with Gasteiger partial charge >= 0.3 is 0 Å². The number of fused-ring (bicyclic) bond motifs is 1. The number of carbonyl (C=O) groups excluding carboxylic acids is 1. The molecule has 0 bridgehead atoms. The first-order valence-electron chi connectivity index (χ1n) is 10.6. The molecule has 0 atom stereocenters. The minimum absolute atomic E-state index is 0.0695. The molecule has 0 aliphatic rings. The van der Waals surface area contributed by atoms with Gasteiger partial charge in [0.1, 0.15) is 5.75 Å². The number of rotatable bonds is 4. The summed E-state index contributed by atoms with van der Waals surface area (Å²) < 4.78 is 2.22. The highest BCUT2D eigenvalue weighted by Gasteiger charge is 2.15. The molecule has 1 heterocycles. The van der Waals surface area contributed by atoms with Crippen LogP contribution in [-0.4, -0.2) is 21.8 Å². The van der Waals surface area contributed by atoms with Crippen LogP contribution in [0.3, 0.4) is 0 Å². The number of hydrazone groups is 1. The van der Waals surface area contributed by atoms with Crippen molar-refractivity contribution in [1.82, 2.24) is 9.99 Å². The summed E-state index contributed by atoms with van der Waals surface area (Å²) in [6, 6.07) is 17.3. The normalized spacial score (nSPS) is 11.4. The minimum atomic E-state index is -0.455. The van der Waals surface area contributed by atoms with Crippen molar-refractivity contribution in [2.45, 2.75) is 34.6 Å². The van der Waals surface area contributed by atoms with Crippen molar-refractivity contribution in [1.29, 1.82) is 0 Å². The molecule has 4 aromatic rings. The van der Waals surface area contributed by atoms with Crippen molar-refractivity contribution < 1.29 is 9.90 Å². The van der Waals surface area contributed by atoms with E-state index < -0.39 is 5.91 Å². The molecule has 4 rings (SSSR count). The van der Waals surface area contributed by atoms with Crippen molar-refractivity contribution in [3.8, 4) is 11.4 Å². The zero-order valence-corrected chi connectivity index (χ0v) is 19.0. The summed E-state index contributed by atoms with van der Waals surface area (Å²) in [6.07, 6.45) is 1.65. The molecular formula is C27H27N3O2. The molecule has 0 fully saturated rings. The Morgan fingerprint density at radius 2 is 1.56 bits per heavy atom. The molecule has 0 radical (unpaired) electrons. The van der Waals surface area contributed by atoms with Gasteiger partial charge in [-0.25, -0.2) is 5.43 Å². The van der Waals surface area contributed by atoms with Gasteiger partial charge in [0, 0.05) is 17.0 Å². The smallest absolute Gasteiger partial charge is 0.275 e. The third-order valence-corrected chi connectivity index (χ3v) is 5.81. The van der Waals surface area contributed by atoms with Crippen molar-refractivity contribution in [3.05, 3.63) is 93.8 Å². The number of aryl methyl sites for hydroxylation is 4. The highest BCUT2D eigenvalue weighted by molar-refractivity contribution is 6.01. The number of aromatic nitrogens is 1. The Hall–Kier alpha value is -3.86. The molecule has 5 heteroatoms. The first-order valence-corrected chi connectivity index (χ1v) is 10.6. The Balaban J connectivity index is 1.60. The molecule has 0 saturated carbocycles. The minimum Gasteiger partial charge on any atom is -0.507 e. The van der Waals surface area contributed by atoms with Crippen LogP contribution >= 0.6 is 0 Å². The van der Waals surface area contributed by atoms with Gasteiger partial charge in [-0.3, -0.25) is 4.79 Å². The monoisotopic (exact) mass is 425 g/mol. The van der Waals surface area contributed by atoms with Crippen LogP contribution in [0.25, 0.3) is 16.5 Å². The second-order valence-corrected chi connectivity index (χ2v) is 8.32. The quantitative estimate of drug-likeness (QED) is 0.328. The second-order valence-electron chi connectivity index (χ2n) is 8.32. The topological polar surface area (TPSA) is 66.6 Å². The van der Waals surface area contributed by atoms with E-state index in [9.17, 15) is 9.90 Å². The average Bonchev–Trinajstić information content (AvgIpc) is 3.00. The number of hydrogen-bond donors (Lipinski definition) is 2. The molecule has 0 aliphatic heterocycles. The van der Waals surface area contributed by atoms with Crippen molar-refractivity contribution in [2.24, 2.45) is 5.10 Å². The van der Waals surface area contributed by atoms with Gasteiger partial charge in [-0.15, -0.1) is 0 Å². The van der Waals surface area contributed by atoms with E-state index in [1.807, 2.05) is 31.2 Å². The zero-order valence-electron chi connectivity index (χ0n) is 19.0. The molecule has 0 saturated heterocycles. The van der Waals surface area contributed by atoms with Crippen molar-refractivity contribution in [3.63, 3.8) is 0 Å². The van der Waals surface area contributed by atoms with Crippen LogP contribution in [0.4, 0.5) is 0 Å². The molecule has 1 aromatic heterocycles. The van der Waals surface area contributed by atoms with Gasteiger partial charge in [-0.05, 0) is 74.7 Å². The standard InChI is InChI=1S/C27H27N3O2/c1-16-10-17(2)26(18(3)11-16)30-19(4)12-23(20(30)5)15-28-29-27(32)24-13-21-8-6-7-9-22(21)14-25(24)31/h6-15,31H,1-5H3,(H,29,32). The Bertz CT molecular complexity index is 1360. The summed E-state index contributed by atoms with van der Waals surface area (Å²) in [6.45, 7) is 10.5. The van der Waals surface area contributed by atoms with E-state index in [1.54, 1.807) is 18.3 Å². The van der Waals surface area contributed by atoms with E-state index in [4.69, 9.17) is 0 Å². The van der Waals surface area contributed by atoms with Crippen LogP contribution in [0.15, 0.2) is 59.7 Å². The number of benzene rings is 3. The number of amides is 1. The van der Waals surface area contributed by atoms with Gasteiger partial charge in [-0.2, -0.15) is 5.10 Å². The summed E-state index contributed by atoms with van der Waals surface area (Å²) >= 11 is 0. The molecule has 3 aromatic carbocycles. The van der Waals surface area contributed by atoms with Gasteiger partial charge in [0.25, 0.3) is 5.91 Å². The maximum Gasteiger partial charge on any atom is 0.275 e. The van der Waals surface area contributed by atoms with Crippen LogP contribution < -0.4 is 5.43 Å². The fourth-order valence-corrected chi connectivity index (χ4v) is 4.42. The van der Waals surface area contributed by atoms with Crippen LogP contribution in [-0.2, 0) is 0 Å². The molecule has 0 unspecified atom stereocenters. The van der Waals surface area contributed by atoms with Gasteiger partial charge < -0.3 is 9.67 Å². The van der Waals surface area contributed by atoms with Crippen molar-refractivity contribution in [2.75, 3.05) is 0 Å². The summed E-state index contributed by atoms with van der Waals surface area (Å²) in [7, 11) is 0. The number of nitrogens with one attached hydrogen (secondary N) is 1. The Morgan fingerprint density at radius 1 is 0.938 bits per heavy atom. The maximum absolute atomic E-state index is 12.6. The lowest BCUT2D eigenvalue weighted by atomic mass is 10.0. The largest absolute Gasteiger partial charge is 0.507 e. The highest BCUT2D eigenvalue weighted by atomic mass is 16.3. The first kappa shape index (κ1) is 21.4. The fourth-order valence-electron chi connectivity index (χ4n) is 4.42. The van der Waals surface area contributed by atoms with E-state index in [-0.39, 0.29) is 11.3 Å². The molecule has 0 spiro atoms. The van der Waals surface area contributed by atoms with E-state index in [0.717, 1.165) is 27.7 Å². The number of carbonyl (C=O) groups is 1. The summed E-state index contributed by atoms with van der Waals surface area (Å²) in [5.41, 5.74) is 10.6. The molecular weight excluding hydrogens is 398 g/mol. The second kappa shape index (κ2) is 8.35. The Kier molecular flexibility index (Phi) is 5.57. The number of aromatic hydroxyl groups is 1. The third kappa shape index (κ3) is 3.89. The summed E-state index contributed by atoms with van der Waals surface area (Å²) in [4.78, 5) is 12.6. The van der Waals surface area contributed by atoms with Gasteiger partial charge in [0.2, 0.25) is 0 Å². The first-order chi connectivity index (χ1) is 15.3. The molecule has 2 N–H and O–H groups in total. The van der Waals surface area contributed by atoms with Crippen LogP contribution in [0, 0.1) is 34.6 Å². The lowest BCUT2D eigenvalue weighted by Gasteiger charge is -2.16. The number of hydrogen-bond acceptors (Lipinski definition) is 3. The average molecular weight is 426 g/mol. The van der Waals surface area contributed by atoms with Gasteiger partial charge in [0.05, 0.1) is 17.5 Å². The van der Waals surface area contributed by atoms with E-state index >= 15 is 0 Å². The lowest BCUT2D eigenvalue weighted by Crippen LogP contribution is -2.17. The Labute approximate surface area is 188 Å². The lowest BCUT2D eigenvalue weighted by molar-refractivity contribution is 0.0952. The number of nitrogens with zero attached hydrogens (tertiary/aromatic N) is 2. The molecule has 32 heavy (non-hydrogen) atoms. The van der Waals surface area contributed by atoms with E-state index in [1.165, 1.54) is 22.4 Å². The summed E-state index contributed by atoms with van der Waals surface area (Å²) in [5, 5.41) is 16.2. The third-order valence-electron chi connectivity index (χ3n) is 5.81. The van der Waals surface area contributed by atoms with E-state index in [2.05, 4.69) is 61.0 Å². The number of phenolic OH excluding ortho intramolecular Hbond substituents is 1. The predicted octanol–water partition coefficient (Wildman–Crippen LogP) is 5.64. The number of phenols is 1.